The van der Waals surface area contributed by atoms with Gasteiger partial charge in [-0.1, -0.05) is 20.8 Å². The molecule has 2 aliphatic rings. The second-order valence-electron chi connectivity index (χ2n) is 8.81. The molecule has 4 N–H and O–H groups in total. The molecule has 0 unspecified atom stereocenters. The predicted octanol–water partition coefficient (Wildman–Crippen LogP) is -0.580. The van der Waals surface area contributed by atoms with E-state index < -0.39 is 24.4 Å². The van der Waals surface area contributed by atoms with E-state index >= 15 is 0 Å². The zero-order valence-electron chi connectivity index (χ0n) is 15.6. The van der Waals surface area contributed by atoms with Gasteiger partial charge < -0.3 is 25.3 Å². The first-order chi connectivity index (χ1) is 11.6. The van der Waals surface area contributed by atoms with E-state index in [1.54, 1.807) is 0 Å². The number of rotatable bonds is 4. The molecule has 0 aromatic heterocycles. The first-order valence-corrected chi connectivity index (χ1v) is 9.29. The molecule has 2 heterocycles. The number of carbonyl (C=O) groups is 1. The van der Waals surface area contributed by atoms with Crippen LogP contribution in [-0.2, 0) is 4.79 Å². The summed E-state index contributed by atoms with van der Waals surface area (Å²) < 4.78 is 0. The zero-order valence-corrected chi connectivity index (χ0v) is 15.6. The van der Waals surface area contributed by atoms with Gasteiger partial charge in [-0.2, -0.15) is 0 Å². The van der Waals surface area contributed by atoms with Crippen LogP contribution in [0.25, 0.3) is 0 Å². The van der Waals surface area contributed by atoms with Gasteiger partial charge in [-0.25, -0.2) is 0 Å². The molecule has 0 aromatic carbocycles. The SMILES string of the molecule is CC(C)(C)CC(=O)N1CCC(CN2C[C@H](O)[C@@H](O)[C@H](O)[C@H]2CO)CC1. The number of hydrogen-bond acceptors (Lipinski definition) is 6. The number of nitrogens with zero attached hydrogens (tertiary/aromatic N) is 2. The minimum atomic E-state index is -1.22. The molecule has 2 aliphatic heterocycles. The van der Waals surface area contributed by atoms with Crippen LogP contribution in [0.15, 0.2) is 0 Å². The van der Waals surface area contributed by atoms with Crippen molar-refractivity contribution in [2.24, 2.45) is 11.3 Å². The van der Waals surface area contributed by atoms with Gasteiger partial charge in [0, 0.05) is 32.6 Å². The van der Waals surface area contributed by atoms with Crippen molar-refractivity contribution in [3.8, 4) is 0 Å². The van der Waals surface area contributed by atoms with Gasteiger partial charge >= 0.3 is 0 Å². The minimum absolute atomic E-state index is 0.0107. The number of piperidine rings is 2. The Hall–Kier alpha value is -0.730. The number of aliphatic hydroxyl groups is 4. The third-order valence-electron chi connectivity index (χ3n) is 5.36. The van der Waals surface area contributed by atoms with Gasteiger partial charge in [0.1, 0.15) is 12.2 Å². The van der Waals surface area contributed by atoms with Gasteiger partial charge in [0.2, 0.25) is 5.91 Å². The molecule has 0 saturated carbocycles. The van der Waals surface area contributed by atoms with Crippen molar-refractivity contribution < 1.29 is 25.2 Å². The van der Waals surface area contributed by atoms with Gasteiger partial charge in [-0.3, -0.25) is 9.69 Å². The van der Waals surface area contributed by atoms with Gasteiger partial charge in [-0.15, -0.1) is 0 Å². The Morgan fingerprint density at radius 2 is 1.68 bits per heavy atom. The number of aliphatic hydroxyl groups excluding tert-OH is 4. The number of amides is 1. The van der Waals surface area contributed by atoms with Crippen LogP contribution in [0.4, 0.5) is 0 Å². The van der Waals surface area contributed by atoms with Gasteiger partial charge in [-0.05, 0) is 24.2 Å². The predicted molar refractivity (Wildman–Crippen MR) is 93.8 cm³/mol. The average Bonchev–Trinajstić information content (AvgIpc) is 2.52. The van der Waals surface area contributed by atoms with Crippen LogP contribution in [0.2, 0.25) is 0 Å². The van der Waals surface area contributed by atoms with E-state index in [9.17, 15) is 25.2 Å². The molecule has 7 heteroatoms. The second kappa shape index (κ2) is 8.31. The fraction of sp³-hybridized carbons (Fsp3) is 0.944. The van der Waals surface area contributed by atoms with Crippen LogP contribution in [-0.4, -0.2) is 93.3 Å². The van der Waals surface area contributed by atoms with Crippen molar-refractivity contribution in [3.63, 3.8) is 0 Å². The Bertz CT molecular complexity index is 445. The molecule has 0 aliphatic carbocycles. The van der Waals surface area contributed by atoms with Crippen LogP contribution in [0.3, 0.4) is 0 Å². The number of likely N-dealkylation sites (tertiary alicyclic amines) is 2. The van der Waals surface area contributed by atoms with Crippen molar-refractivity contribution in [2.45, 2.75) is 64.4 Å². The lowest BCUT2D eigenvalue weighted by Gasteiger charge is -2.45. The summed E-state index contributed by atoms with van der Waals surface area (Å²) in [5.41, 5.74) is -0.0107. The summed E-state index contributed by atoms with van der Waals surface area (Å²) in [5, 5.41) is 39.3. The molecule has 4 atom stereocenters. The van der Waals surface area contributed by atoms with Crippen molar-refractivity contribution in [3.05, 3.63) is 0 Å². The number of hydrogen-bond donors (Lipinski definition) is 4. The van der Waals surface area contributed by atoms with Crippen molar-refractivity contribution in [1.29, 1.82) is 0 Å². The Kier molecular flexibility index (Phi) is 6.84. The van der Waals surface area contributed by atoms with Crippen LogP contribution in [0.5, 0.6) is 0 Å². The van der Waals surface area contributed by atoms with Crippen LogP contribution < -0.4 is 0 Å². The Morgan fingerprint density at radius 3 is 2.20 bits per heavy atom. The quantitative estimate of drug-likeness (QED) is 0.536. The molecule has 0 radical (unpaired) electrons. The maximum atomic E-state index is 12.3. The minimum Gasteiger partial charge on any atom is -0.395 e. The lowest BCUT2D eigenvalue weighted by atomic mass is 9.89. The Morgan fingerprint density at radius 1 is 1.08 bits per heavy atom. The van der Waals surface area contributed by atoms with E-state index in [0.717, 1.165) is 25.9 Å². The Labute approximate surface area is 150 Å². The molecule has 2 fully saturated rings. The molecule has 146 valence electrons. The number of β-amino-alcohol motifs (C(OH)–C–C–N with tert-alkyl or cyclic N) is 1. The van der Waals surface area contributed by atoms with Crippen LogP contribution in [0.1, 0.15) is 40.0 Å². The summed E-state index contributed by atoms with van der Waals surface area (Å²) in [6.45, 7) is 8.28. The molecule has 2 saturated heterocycles. The summed E-state index contributed by atoms with van der Waals surface area (Å²) in [5.74, 6) is 0.550. The summed E-state index contributed by atoms with van der Waals surface area (Å²) in [6.07, 6.45) is -1.08. The third kappa shape index (κ3) is 5.37. The summed E-state index contributed by atoms with van der Waals surface area (Å²) in [6, 6.07) is -0.557. The van der Waals surface area contributed by atoms with Crippen LogP contribution >= 0.6 is 0 Å². The highest BCUT2D eigenvalue weighted by atomic mass is 16.4. The maximum absolute atomic E-state index is 12.3. The van der Waals surface area contributed by atoms with Crippen molar-refractivity contribution in [1.82, 2.24) is 9.80 Å². The fourth-order valence-corrected chi connectivity index (χ4v) is 3.85. The van der Waals surface area contributed by atoms with E-state index in [4.69, 9.17) is 0 Å². The lowest BCUT2D eigenvalue weighted by Crippen LogP contribution is -2.63. The van der Waals surface area contributed by atoms with Crippen molar-refractivity contribution >= 4 is 5.91 Å². The monoisotopic (exact) mass is 358 g/mol. The van der Waals surface area contributed by atoms with Crippen molar-refractivity contribution in [2.75, 3.05) is 32.8 Å². The zero-order chi connectivity index (χ0) is 18.8. The van der Waals surface area contributed by atoms with E-state index in [-0.39, 0.29) is 24.5 Å². The number of carbonyl (C=O) groups excluding carboxylic acids is 1. The van der Waals surface area contributed by atoms with E-state index in [2.05, 4.69) is 20.8 Å². The average molecular weight is 358 g/mol. The van der Waals surface area contributed by atoms with E-state index in [1.165, 1.54) is 0 Å². The standard InChI is InChI=1S/C18H34N2O5/c1-18(2,3)8-15(23)19-6-4-12(5-7-19)9-20-10-14(22)17(25)16(24)13(20)11-21/h12-14,16-17,21-22,24-25H,4-11H2,1-3H3/t13-,14+,16-,17-/m1/s1. The second-order valence-corrected chi connectivity index (χ2v) is 8.81. The molecule has 2 rings (SSSR count). The summed E-state index contributed by atoms with van der Waals surface area (Å²) >= 11 is 0. The smallest absolute Gasteiger partial charge is 0.223 e. The molecule has 25 heavy (non-hydrogen) atoms. The normalized spacial score (nSPS) is 32.8. The van der Waals surface area contributed by atoms with Crippen LogP contribution in [0, 0.1) is 11.3 Å². The third-order valence-corrected chi connectivity index (χ3v) is 5.36. The van der Waals surface area contributed by atoms with Gasteiger partial charge in [0.25, 0.3) is 0 Å². The molecule has 0 aromatic rings. The fourth-order valence-electron chi connectivity index (χ4n) is 3.85. The highest BCUT2D eigenvalue weighted by molar-refractivity contribution is 5.76. The highest BCUT2D eigenvalue weighted by Gasteiger charge is 2.41. The molecular weight excluding hydrogens is 324 g/mol. The van der Waals surface area contributed by atoms with Gasteiger partial charge in [0.15, 0.2) is 0 Å². The summed E-state index contributed by atoms with van der Waals surface area (Å²) in [4.78, 5) is 16.1. The first kappa shape index (κ1) is 20.6. The van der Waals surface area contributed by atoms with Gasteiger partial charge in [0.05, 0.1) is 18.8 Å². The first-order valence-electron chi connectivity index (χ1n) is 9.29. The summed E-state index contributed by atoms with van der Waals surface area (Å²) in [7, 11) is 0. The molecular formula is C18H34N2O5. The largest absolute Gasteiger partial charge is 0.395 e. The lowest BCUT2D eigenvalue weighted by molar-refractivity contribution is -0.148. The molecule has 1 amide bonds. The maximum Gasteiger partial charge on any atom is 0.223 e. The molecule has 0 spiro atoms. The van der Waals surface area contributed by atoms with E-state index in [1.807, 2.05) is 9.80 Å². The topological polar surface area (TPSA) is 104 Å². The molecule has 0 bridgehead atoms. The Balaban J connectivity index is 1.86. The van der Waals surface area contributed by atoms with E-state index in [0.29, 0.717) is 18.9 Å². The highest BCUT2D eigenvalue weighted by Crippen LogP contribution is 2.26. The molecule has 7 nitrogen and oxygen atoms in total.